The summed E-state index contributed by atoms with van der Waals surface area (Å²) < 4.78 is 83.5. The highest BCUT2D eigenvalue weighted by atomic mass is 79.9. The Morgan fingerprint density at radius 1 is 1.00 bits per heavy atom. The Labute approximate surface area is 173 Å². The van der Waals surface area contributed by atoms with E-state index in [1.807, 2.05) is 0 Å². The highest BCUT2D eigenvalue weighted by Crippen LogP contribution is 2.43. The van der Waals surface area contributed by atoms with Crippen LogP contribution in [0.5, 0.6) is 0 Å². The van der Waals surface area contributed by atoms with Gasteiger partial charge in [0.2, 0.25) is 5.76 Å². The minimum absolute atomic E-state index is 0.166. The summed E-state index contributed by atoms with van der Waals surface area (Å²) in [6.07, 6.45) is -4.09. The molecule has 0 aliphatic heterocycles. The lowest BCUT2D eigenvalue weighted by Gasteiger charge is -2.09. The summed E-state index contributed by atoms with van der Waals surface area (Å²) in [6.45, 7) is 0. The van der Waals surface area contributed by atoms with Crippen molar-refractivity contribution in [1.29, 1.82) is 0 Å². The molecule has 148 valence electrons. The molecule has 2 aromatic carbocycles. The maximum Gasteiger partial charge on any atom is 0.453 e. The summed E-state index contributed by atoms with van der Waals surface area (Å²) in [5.41, 5.74) is -0.593. The molecule has 0 saturated carbocycles. The highest BCUT2D eigenvalue weighted by Gasteiger charge is 2.41. The second-order valence-electron chi connectivity index (χ2n) is 5.81. The average molecular weight is 543 g/mol. The van der Waals surface area contributed by atoms with E-state index in [0.29, 0.717) is 15.0 Å². The lowest BCUT2D eigenvalue weighted by Crippen LogP contribution is -2.06. The van der Waals surface area contributed by atoms with Crippen molar-refractivity contribution < 1.29 is 30.5 Å². The molecule has 0 fully saturated rings. The van der Waals surface area contributed by atoms with Gasteiger partial charge in [0.05, 0.1) is 5.56 Å². The summed E-state index contributed by atoms with van der Waals surface area (Å²) in [5.74, 6) is -2.58. The van der Waals surface area contributed by atoms with Crippen LogP contribution in [0.2, 0.25) is 0 Å². The van der Waals surface area contributed by atoms with Gasteiger partial charge in [0.15, 0.2) is 9.84 Å². The fraction of sp³-hybridized carbons (Fsp3) is 0.118. The van der Waals surface area contributed by atoms with Crippen molar-refractivity contribution in [3.8, 4) is 22.4 Å². The molecule has 3 aromatic rings. The molecule has 0 aliphatic rings. The molecule has 0 amide bonds. The van der Waals surface area contributed by atoms with Crippen molar-refractivity contribution in [3.05, 3.63) is 56.9 Å². The second-order valence-corrected chi connectivity index (χ2v) is 9.62. The van der Waals surface area contributed by atoms with Crippen LogP contribution in [0.4, 0.5) is 17.6 Å². The third-order valence-corrected chi connectivity index (χ3v) is 5.75. The van der Waals surface area contributed by atoms with E-state index in [4.69, 9.17) is 0 Å². The number of benzene rings is 2. The lowest BCUT2D eigenvalue weighted by molar-refractivity contribution is -0.154. The number of alkyl halides is 3. The molecule has 4 nitrogen and oxygen atoms in total. The molecule has 11 heteroatoms. The predicted octanol–water partition coefficient (Wildman–Crippen LogP) is 6.10. The van der Waals surface area contributed by atoms with Crippen LogP contribution in [-0.4, -0.2) is 19.8 Å². The van der Waals surface area contributed by atoms with Gasteiger partial charge in [0.1, 0.15) is 16.4 Å². The third kappa shape index (κ3) is 4.15. The first kappa shape index (κ1) is 21.0. The van der Waals surface area contributed by atoms with Crippen LogP contribution in [0.25, 0.3) is 22.4 Å². The van der Waals surface area contributed by atoms with Crippen LogP contribution in [0.15, 0.2) is 54.8 Å². The highest BCUT2D eigenvalue weighted by molar-refractivity contribution is 9.11. The average Bonchev–Trinajstić information content (AvgIpc) is 2.97. The van der Waals surface area contributed by atoms with Crippen LogP contribution in [0.3, 0.4) is 0 Å². The SMILES string of the molecule is CS(=O)(=O)c1ccc(-c2c(-c3cc(Br)cc(Br)c3)noc2C(F)(F)F)cc1F. The predicted molar refractivity (Wildman–Crippen MR) is 101 cm³/mol. The van der Waals surface area contributed by atoms with Crippen LogP contribution in [0.1, 0.15) is 5.76 Å². The maximum absolute atomic E-state index is 14.3. The molecular weight excluding hydrogens is 534 g/mol. The zero-order valence-electron chi connectivity index (χ0n) is 13.8. The smallest absolute Gasteiger partial charge is 0.350 e. The van der Waals surface area contributed by atoms with Crippen LogP contribution < -0.4 is 0 Å². The molecule has 1 aromatic heterocycles. The van der Waals surface area contributed by atoms with E-state index in [9.17, 15) is 26.0 Å². The van der Waals surface area contributed by atoms with E-state index in [2.05, 4.69) is 41.5 Å². The van der Waals surface area contributed by atoms with Crippen molar-refractivity contribution in [2.24, 2.45) is 0 Å². The molecule has 0 N–H and O–H groups in total. The normalized spacial score (nSPS) is 12.4. The molecule has 0 spiro atoms. The molecule has 0 saturated heterocycles. The zero-order chi connectivity index (χ0) is 20.9. The monoisotopic (exact) mass is 541 g/mol. The Hall–Kier alpha value is -1.72. The van der Waals surface area contributed by atoms with Crippen LogP contribution in [0, 0.1) is 5.82 Å². The van der Waals surface area contributed by atoms with E-state index in [-0.39, 0.29) is 16.8 Å². The van der Waals surface area contributed by atoms with Gasteiger partial charge in [0.25, 0.3) is 0 Å². The summed E-state index contributed by atoms with van der Waals surface area (Å²) in [5, 5.41) is 3.53. The number of rotatable bonds is 3. The minimum Gasteiger partial charge on any atom is -0.350 e. The first-order valence-corrected chi connectivity index (χ1v) is 10.9. The van der Waals surface area contributed by atoms with Gasteiger partial charge in [-0.1, -0.05) is 43.1 Å². The van der Waals surface area contributed by atoms with Gasteiger partial charge in [-0.05, 0) is 35.9 Å². The molecule has 0 radical (unpaired) electrons. The topological polar surface area (TPSA) is 60.2 Å². The number of hydrogen-bond donors (Lipinski definition) is 0. The molecular formula is C17H9Br2F4NO3S. The summed E-state index contributed by atoms with van der Waals surface area (Å²) in [4.78, 5) is -0.618. The Kier molecular flexibility index (Phi) is 5.45. The van der Waals surface area contributed by atoms with Gasteiger partial charge in [0, 0.05) is 20.8 Å². The van der Waals surface area contributed by atoms with E-state index >= 15 is 0 Å². The van der Waals surface area contributed by atoms with Gasteiger partial charge in [-0.3, -0.25) is 0 Å². The van der Waals surface area contributed by atoms with Crippen molar-refractivity contribution in [3.63, 3.8) is 0 Å². The Balaban J connectivity index is 2.30. The van der Waals surface area contributed by atoms with Gasteiger partial charge >= 0.3 is 6.18 Å². The summed E-state index contributed by atoms with van der Waals surface area (Å²) in [7, 11) is -3.88. The zero-order valence-corrected chi connectivity index (χ0v) is 17.8. The number of aromatic nitrogens is 1. The molecule has 0 bridgehead atoms. The Morgan fingerprint density at radius 2 is 1.61 bits per heavy atom. The molecule has 0 unspecified atom stereocenters. The first-order valence-electron chi connectivity index (χ1n) is 7.41. The quantitative estimate of drug-likeness (QED) is 0.375. The standard InChI is InChI=1S/C17H9Br2F4NO3S/c1-28(25,26)13-3-2-8(6-12(13)20)14-15(24-27-16(14)17(21,22)23)9-4-10(18)7-11(19)5-9/h2-7H,1H3. The van der Waals surface area contributed by atoms with Crippen molar-refractivity contribution >= 4 is 41.7 Å². The molecule has 0 aliphatic carbocycles. The van der Waals surface area contributed by atoms with Crippen LogP contribution in [-0.2, 0) is 16.0 Å². The number of sulfone groups is 1. The summed E-state index contributed by atoms with van der Waals surface area (Å²) >= 11 is 6.49. The van der Waals surface area contributed by atoms with Crippen molar-refractivity contribution in [2.45, 2.75) is 11.1 Å². The van der Waals surface area contributed by atoms with Gasteiger partial charge < -0.3 is 4.52 Å². The number of hydrogen-bond acceptors (Lipinski definition) is 4. The molecule has 0 atom stereocenters. The maximum atomic E-state index is 14.3. The van der Waals surface area contributed by atoms with E-state index in [1.165, 1.54) is 12.1 Å². The van der Waals surface area contributed by atoms with Gasteiger partial charge in [-0.25, -0.2) is 12.8 Å². The van der Waals surface area contributed by atoms with E-state index in [1.54, 1.807) is 6.07 Å². The summed E-state index contributed by atoms with van der Waals surface area (Å²) in [6, 6.07) is 7.43. The molecule has 1 heterocycles. The van der Waals surface area contributed by atoms with E-state index in [0.717, 1.165) is 18.4 Å². The van der Waals surface area contributed by atoms with Crippen molar-refractivity contribution in [2.75, 3.05) is 6.26 Å². The fourth-order valence-corrected chi connectivity index (χ4v) is 4.62. The molecule has 3 rings (SSSR count). The van der Waals surface area contributed by atoms with Gasteiger partial charge in [-0.15, -0.1) is 0 Å². The Morgan fingerprint density at radius 3 is 2.11 bits per heavy atom. The minimum atomic E-state index is -4.89. The third-order valence-electron chi connectivity index (χ3n) is 3.71. The number of nitrogens with zero attached hydrogens (tertiary/aromatic N) is 1. The molecule has 28 heavy (non-hydrogen) atoms. The second kappa shape index (κ2) is 7.27. The lowest BCUT2D eigenvalue weighted by atomic mass is 9.99. The largest absolute Gasteiger partial charge is 0.453 e. The van der Waals surface area contributed by atoms with Crippen molar-refractivity contribution in [1.82, 2.24) is 5.16 Å². The fourth-order valence-electron chi connectivity index (χ4n) is 2.60. The van der Waals surface area contributed by atoms with E-state index < -0.39 is 38.0 Å². The van der Waals surface area contributed by atoms with Gasteiger partial charge in [-0.2, -0.15) is 13.2 Å². The number of halogens is 6. The first-order chi connectivity index (χ1) is 12.9. The Bertz CT molecular complexity index is 1150. The van der Waals surface area contributed by atoms with Crippen LogP contribution >= 0.6 is 31.9 Å².